The molecule has 0 aliphatic heterocycles. The number of amides is 3. The van der Waals surface area contributed by atoms with E-state index in [4.69, 9.17) is 5.73 Å². The Balaban J connectivity index is 1.40. The fourth-order valence-electron chi connectivity index (χ4n) is 3.85. The highest BCUT2D eigenvalue weighted by Gasteiger charge is 2.20. The number of thiophene rings is 1. The number of hydrogen-bond acceptors (Lipinski definition) is 5. The fourth-order valence-corrected chi connectivity index (χ4v) is 4.57. The van der Waals surface area contributed by atoms with E-state index in [9.17, 15) is 14.4 Å². The zero-order chi connectivity index (χ0) is 26.2. The fraction of sp³-hybridized carbons (Fsp3) is 0.138. The lowest BCUT2D eigenvalue weighted by molar-refractivity contribution is -0.128. The number of rotatable bonds is 9. The summed E-state index contributed by atoms with van der Waals surface area (Å²) in [5, 5.41) is 10.5. The first kappa shape index (κ1) is 25.7. The van der Waals surface area contributed by atoms with Crippen molar-refractivity contribution in [3.05, 3.63) is 107 Å². The van der Waals surface area contributed by atoms with Crippen molar-refractivity contribution < 1.29 is 14.4 Å². The molecule has 3 amide bonds. The van der Waals surface area contributed by atoms with Crippen LogP contribution in [0.3, 0.4) is 0 Å². The highest BCUT2D eigenvalue weighted by Crippen LogP contribution is 2.30. The third-order valence-corrected chi connectivity index (χ3v) is 6.69. The molecule has 0 spiro atoms. The van der Waals surface area contributed by atoms with Gasteiger partial charge in [-0.05, 0) is 52.4 Å². The van der Waals surface area contributed by atoms with E-state index in [1.54, 1.807) is 41.7 Å². The molecule has 8 heteroatoms. The maximum atomic E-state index is 12.9. The van der Waals surface area contributed by atoms with Crippen LogP contribution in [0.15, 0.2) is 90.3 Å². The first-order chi connectivity index (χ1) is 17.9. The zero-order valence-electron chi connectivity index (χ0n) is 20.4. The molecule has 0 radical (unpaired) electrons. The summed E-state index contributed by atoms with van der Waals surface area (Å²) in [5.41, 5.74) is 10.3. The molecule has 0 saturated carbocycles. The predicted molar refractivity (Wildman–Crippen MR) is 148 cm³/mol. The largest absolute Gasteiger partial charge is 0.397 e. The third-order valence-electron chi connectivity index (χ3n) is 5.77. The Kier molecular flexibility index (Phi) is 8.33. The van der Waals surface area contributed by atoms with Crippen LogP contribution >= 0.6 is 11.3 Å². The quantitative estimate of drug-likeness (QED) is 0.245. The van der Waals surface area contributed by atoms with Gasteiger partial charge in [-0.15, -0.1) is 11.3 Å². The topological polar surface area (TPSA) is 113 Å². The number of nitrogens with one attached hydrogen (secondary N) is 3. The molecule has 0 fully saturated rings. The van der Waals surface area contributed by atoms with Gasteiger partial charge in [-0.1, -0.05) is 54.6 Å². The van der Waals surface area contributed by atoms with E-state index in [-0.39, 0.29) is 24.1 Å². The van der Waals surface area contributed by atoms with Gasteiger partial charge in [0, 0.05) is 30.3 Å². The Bertz CT molecular complexity index is 1370. The number of hydrogen-bond donors (Lipinski definition) is 4. The van der Waals surface area contributed by atoms with Crippen LogP contribution in [0.4, 0.5) is 11.4 Å². The SMILES string of the molecule is CC(=O)NC(Cc1ccc(C(=O)Nc2cc(-c3cccs3)ccc2N)cc1)C(=O)NCc1ccccc1. The molecular weight excluding hydrogens is 484 g/mol. The van der Waals surface area contributed by atoms with E-state index in [0.717, 1.165) is 21.6 Å². The number of anilines is 2. The Hall–Kier alpha value is -4.43. The molecule has 1 atom stereocenters. The number of nitrogen functional groups attached to an aromatic ring is 1. The predicted octanol–water partition coefficient (Wildman–Crippen LogP) is 4.61. The van der Waals surface area contributed by atoms with Gasteiger partial charge >= 0.3 is 0 Å². The Morgan fingerprint density at radius 3 is 2.32 bits per heavy atom. The summed E-state index contributed by atoms with van der Waals surface area (Å²) in [5.74, 6) is -0.860. The minimum absolute atomic E-state index is 0.276. The van der Waals surface area contributed by atoms with Crippen LogP contribution in [-0.4, -0.2) is 23.8 Å². The highest BCUT2D eigenvalue weighted by atomic mass is 32.1. The zero-order valence-corrected chi connectivity index (χ0v) is 21.2. The smallest absolute Gasteiger partial charge is 0.255 e. The standard InChI is InChI=1S/C29H28N4O3S/c1-19(34)32-26(29(36)31-18-21-6-3-2-4-7-21)16-20-9-11-22(12-10-20)28(35)33-25-17-23(13-14-24(25)30)27-8-5-15-37-27/h2-15,17,26H,16,18,30H2,1H3,(H,31,36)(H,32,34)(H,33,35). The molecule has 4 aromatic rings. The Morgan fingerprint density at radius 1 is 0.892 bits per heavy atom. The lowest BCUT2D eigenvalue weighted by Gasteiger charge is -2.18. The molecule has 1 unspecified atom stereocenters. The average molecular weight is 513 g/mol. The van der Waals surface area contributed by atoms with Crippen molar-refractivity contribution in [3.63, 3.8) is 0 Å². The van der Waals surface area contributed by atoms with Gasteiger partial charge in [-0.3, -0.25) is 14.4 Å². The highest BCUT2D eigenvalue weighted by molar-refractivity contribution is 7.13. The molecule has 7 nitrogen and oxygen atoms in total. The van der Waals surface area contributed by atoms with Crippen molar-refractivity contribution in [1.82, 2.24) is 10.6 Å². The van der Waals surface area contributed by atoms with Gasteiger partial charge in [0.15, 0.2) is 0 Å². The molecule has 37 heavy (non-hydrogen) atoms. The summed E-state index contributed by atoms with van der Waals surface area (Å²) in [6.07, 6.45) is 0.290. The van der Waals surface area contributed by atoms with E-state index >= 15 is 0 Å². The van der Waals surface area contributed by atoms with Crippen LogP contribution in [-0.2, 0) is 22.6 Å². The van der Waals surface area contributed by atoms with Crippen LogP contribution in [0.2, 0.25) is 0 Å². The van der Waals surface area contributed by atoms with Crippen molar-refractivity contribution in [3.8, 4) is 10.4 Å². The van der Waals surface area contributed by atoms with E-state index in [1.165, 1.54) is 6.92 Å². The van der Waals surface area contributed by atoms with Crippen molar-refractivity contribution in [1.29, 1.82) is 0 Å². The molecule has 0 aliphatic rings. The molecule has 0 aliphatic carbocycles. The van der Waals surface area contributed by atoms with E-state index in [0.29, 0.717) is 23.5 Å². The van der Waals surface area contributed by atoms with Gasteiger partial charge in [0.1, 0.15) is 6.04 Å². The van der Waals surface area contributed by atoms with Crippen molar-refractivity contribution in [2.75, 3.05) is 11.1 Å². The maximum Gasteiger partial charge on any atom is 0.255 e. The van der Waals surface area contributed by atoms with Crippen molar-refractivity contribution >= 4 is 40.4 Å². The van der Waals surface area contributed by atoms with Gasteiger partial charge < -0.3 is 21.7 Å². The van der Waals surface area contributed by atoms with Crippen LogP contribution in [0.1, 0.15) is 28.4 Å². The first-order valence-electron chi connectivity index (χ1n) is 11.8. The molecular formula is C29H28N4O3S. The van der Waals surface area contributed by atoms with E-state index < -0.39 is 6.04 Å². The van der Waals surface area contributed by atoms with Crippen LogP contribution in [0.5, 0.6) is 0 Å². The summed E-state index contributed by atoms with van der Waals surface area (Å²) in [6, 6.07) is 25.3. The minimum Gasteiger partial charge on any atom is -0.397 e. The number of carbonyl (C=O) groups excluding carboxylic acids is 3. The Labute approximate surface area is 219 Å². The minimum atomic E-state index is -0.735. The first-order valence-corrected chi connectivity index (χ1v) is 12.7. The van der Waals surface area contributed by atoms with Gasteiger partial charge in [0.2, 0.25) is 11.8 Å². The normalized spacial score (nSPS) is 11.4. The molecule has 188 valence electrons. The second-order valence-electron chi connectivity index (χ2n) is 8.59. The van der Waals surface area contributed by atoms with Crippen molar-refractivity contribution in [2.45, 2.75) is 25.9 Å². The summed E-state index contributed by atoms with van der Waals surface area (Å²) in [7, 11) is 0. The molecule has 3 aromatic carbocycles. The number of benzene rings is 3. The van der Waals surface area contributed by atoms with Crippen LogP contribution in [0.25, 0.3) is 10.4 Å². The molecule has 5 N–H and O–H groups in total. The molecule has 0 saturated heterocycles. The number of nitrogens with two attached hydrogens (primary N) is 1. The lowest BCUT2D eigenvalue weighted by atomic mass is 10.0. The van der Waals surface area contributed by atoms with Crippen molar-refractivity contribution in [2.24, 2.45) is 0 Å². The summed E-state index contributed by atoms with van der Waals surface area (Å²) in [6.45, 7) is 1.75. The van der Waals surface area contributed by atoms with E-state index in [1.807, 2.05) is 60.0 Å². The van der Waals surface area contributed by atoms with Crippen LogP contribution in [0, 0.1) is 0 Å². The van der Waals surface area contributed by atoms with Gasteiger partial charge in [0.25, 0.3) is 5.91 Å². The maximum absolute atomic E-state index is 12.9. The molecule has 1 heterocycles. The summed E-state index contributed by atoms with van der Waals surface area (Å²) >= 11 is 1.61. The van der Waals surface area contributed by atoms with Gasteiger partial charge in [-0.25, -0.2) is 0 Å². The Morgan fingerprint density at radius 2 is 1.65 bits per heavy atom. The second kappa shape index (κ2) is 12.0. The van der Waals surface area contributed by atoms with Crippen LogP contribution < -0.4 is 21.7 Å². The molecule has 0 bridgehead atoms. The third kappa shape index (κ3) is 7.05. The second-order valence-corrected chi connectivity index (χ2v) is 9.54. The van der Waals surface area contributed by atoms with Gasteiger partial charge in [-0.2, -0.15) is 0 Å². The number of carbonyl (C=O) groups is 3. The average Bonchev–Trinajstić information content (AvgIpc) is 3.44. The van der Waals surface area contributed by atoms with Gasteiger partial charge in [0.05, 0.1) is 11.4 Å². The summed E-state index contributed by atoms with van der Waals surface area (Å²) < 4.78 is 0. The summed E-state index contributed by atoms with van der Waals surface area (Å²) in [4.78, 5) is 38.5. The van der Waals surface area contributed by atoms with E-state index in [2.05, 4.69) is 16.0 Å². The lowest BCUT2D eigenvalue weighted by Crippen LogP contribution is -2.47. The molecule has 1 aromatic heterocycles. The molecule has 4 rings (SSSR count). The monoisotopic (exact) mass is 512 g/mol.